The quantitative estimate of drug-likeness (QED) is 0.434. The standard InChI is InChI=1S/C19H18N6S/c1-2-17-21-15-10-6-7-11-16(15)24(17)13-18-22-23-19(26)25(18)20-12-14-8-4-3-5-9-14/h3-12H,2,13H2,1H3,(H,23,26)/b20-12+. The van der Waals surface area contributed by atoms with Gasteiger partial charge in [0.25, 0.3) is 0 Å². The summed E-state index contributed by atoms with van der Waals surface area (Å²) in [5, 5.41) is 11.7. The molecule has 2 aromatic heterocycles. The molecule has 0 aliphatic heterocycles. The first kappa shape index (κ1) is 16.4. The van der Waals surface area contributed by atoms with Crippen LogP contribution in [0.25, 0.3) is 11.0 Å². The van der Waals surface area contributed by atoms with Crippen LogP contribution < -0.4 is 0 Å². The number of fused-ring (bicyclic) bond motifs is 1. The van der Waals surface area contributed by atoms with Gasteiger partial charge in [0.2, 0.25) is 4.77 Å². The van der Waals surface area contributed by atoms with Crippen molar-refractivity contribution in [2.24, 2.45) is 5.10 Å². The zero-order valence-corrected chi connectivity index (χ0v) is 15.1. The Kier molecular flexibility index (Phi) is 4.45. The van der Waals surface area contributed by atoms with Gasteiger partial charge in [-0.1, -0.05) is 49.4 Å². The molecule has 1 N–H and O–H groups in total. The molecule has 0 spiro atoms. The van der Waals surface area contributed by atoms with Gasteiger partial charge < -0.3 is 4.57 Å². The highest BCUT2D eigenvalue weighted by Crippen LogP contribution is 2.18. The van der Waals surface area contributed by atoms with Crippen LogP contribution in [-0.4, -0.2) is 30.6 Å². The van der Waals surface area contributed by atoms with Gasteiger partial charge in [0.1, 0.15) is 5.82 Å². The van der Waals surface area contributed by atoms with Gasteiger partial charge in [-0.2, -0.15) is 14.9 Å². The summed E-state index contributed by atoms with van der Waals surface area (Å²) in [6, 6.07) is 18.0. The minimum Gasteiger partial charge on any atom is -0.320 e. The maximum Gasteiger partial charge on any atom is 0.216 e. The third kappa shape index (κ3) is 3.09. The lowest BCUT2D eigenvalue weighted by atomic mass is 10.2. The number of aryl methyl sites for hydroxylation is 1. The smallest absolute Gasteiger partial charge is 0.216 e. The number of H-pyrrole nitrogens is 1. The first-order valence-corrected chi connectivity index (χ1v) is 8.87. The van der Waals surface area contributed by atoms with E-state index >= 15 is 0 Å². The molecule has 2 aromatic carbocycles. The molecule has 0 radical (unpaired) electrons. The van der Waals surface area contributed by atoms with Crippen LogP contribution >= 0.6 is 12.2 Å². The minimum atomic E-state index is 0.467. The molecular formula is C19H18N6S. The Morgan fingerprint density at radius 3 is 2.65 bits per heavy atom. The van der Waals surface area contributed by atoms with Crippen LogP contribution in [0.15, 0.2) is 59.7 Å². The zero-order valence-electron chi connectivity index (χ0n) is 14.3. The third-order valence-electron chi connectivity index (χ3n) is 4.19. The molecule has 4 rings (SSSR count). The van der Waals surface area contributed by atoms with Crippen molar-refractivity contribution in [3.63, 3.8) is 0 Å². The molecule has 26 heavy (non-hydrogen) atoms. The second-order valence-corrected chi connectivity index (χ2v) is 6.26. The fourth-order valence-electron chi connectivity index (χ4n) is 2.92. The second-order valence-electron chi connectivity index (χ2n) is 5.87. The van der Waals surface area contributed by atoms with Gasteiger partial charge in [-0.3, -0.25) is 5.10 Å². The van der Waals surface area contributed by atoms with E-state index in [9.17, 15) is 0 Å². The lowest BCUT2D eigenvalue weighted by Gasteiger charge is -2.07. The Bertz CT molecular complexity index is 1120. The molecule has 0 saturated carbocycles. The molecule has 0 aliphatic rings. The Labute approximate surface area is 155 Å². The van der Waals surface area contributed by atoms with Crippen molar-refractivity contribution in [2.45, 2.75) is 19.9 Å². The van der Waals surface area contributed by atoms with Crippen molar-refractivity contribution < 1.29 is 0 Å². The van der Waals surface area contributed by atoms with Crippen LogP contribution in [0.5, 0.6) is 0 Å². The summed E-state index contributed by atoms with van der Waals surface area (Å²) in [4.78, 5) is 4.71. The van der Waals surface area contributed by atoms with Gasteiger partial charge in [-0.15, -0.1) is 0 Å². The van der Waals surface area contributed by atoms with E-state index < -0.39 is 0 Å². The van der Waals surface area contributed by atoms with Gasteiger partial charge in [0.15, 0.2) is 5.82 Å². The number of para-hydroxylation sites is 2. The number of nitrogens with zero attached hydrogens (tertiary/aromatic N) is 5. The molecule has 0 unspecified atom stereocenters. The predicted octanol–water partition coefficient (Wildman–Crippen LogP) is 3.78. The molecule has 7 heteroatoms. The van der Waals surface area contributed by atoms with Crippen molar-refractivity contribution in [3.05, 3.63) is 76.6 Å². The summed E-state index contributed by atoms with van der Waals surface area (Å²) in [7, 11) is 0. The molecule has 0 aliphatic carbocycles. The Morgan fingerprint density at radius 2 is 1.85 bits per heavy atom. The zero-order chi connectivity index (χ0) is 17.9. The van der Waals surface area contributed by atoms with Crippen molar-refractivity contribution in [1.82, 2.24) is 24.4 Å². The summed E-state index contributed by atoms with van der Waals surface area (Å²) < 4.78 is 4.29. The van der Waals surface area contributed by atoms with Crippen LogP contribution in [0.3, 0.4) is 0 Å². The molecule has 6 nitrogen and oxygen atoms in total. The highest BCUT2D eigenvalue weighted by atomic mass is 32.1. The molecule has 0 saturated heterocycles. The maximum atomic E-state index is 5.35. The first-order valence-electron chi connectivity index (χ1n) is 8.46. The number of hydrogen-bond donors (Lipinski definition) is 1. The van der Waals surface area contributed by atoms with E-state index in [2.05, 4.69) is 32.9 Å². The number of nitrogens with one attached hydrogen (secondary N) is 1. The summed E-state index contributed by atoms with van der Waals surface area (Å²) in [6.07, 6.45) is 2.62. The predicted molar refractivity (Wildman–Crippen MR) is 105 cm³/mol. The third-order valence-corrected chi connectivity index (χ3v) is 4.45. The number of aromatic nitrogens is 5. The molecule has 4 aromatic rings. The molecular weight excluding hydrogens is 344 g/mol. The summed E-state index contributed by atoms with van der Waals surface area (Å²) in [6.45, 7) is 2.64. The van der Waals surface area contributed by atoms with E-state index in [4.69, 9.17) is 17.2 Å². The number of rotatable bonds is 5. The van der Waals surface area contributed by atoms with Gasteiger partial charge >= 0.3 is 0 Å². The Morgan fingerprint density at radius 1 is 1.08 bits per heavy atom. The molecule has 0 fully saturated rings. The van der Waals surface area contributed by atoms with Crippen molar-refractivity contribution >= 4 is 29.5 Å². The van der Waals surface area contributed by atoms with Crippen LogP contribution in [-0.2, 0) is 13.0 Å². The maximum absolute atomic E-state index is 5.35. The highest BCUT2D eigenvalue weighted by molar-refractivity contribution is 7.71. The van der Waals surface area contributed by atoms with Crippen molar-refractivity contribution in [2.75, 3.05) is 0 Å². The highest BCUT2D eigenvalue weighted by Gasteiger charge is 2.13. The van der Waals surface area contributed by atoms with Crippen molar-refractivity contribution in [1.29, 1.82) is 0 Å². The van der Waals surface area contributed by atoms with Crippen LogP contribution in [0.4, 0.5) is 0 Å². The van der Waals surface area contributed by atoms with E-state index in [1.807, 2.05) is 48.5 Å². The van der Waals surface area contributed by atoms with Crippen LogP contribution in [0.2, 0.25) is 0 Å². The number of aromatic amines is 1. The molecule has 0 amide bonds. The van der Waals surface area contributed by atoms with E-state index in [-0.39, 0.29) is 0 Å². The van der Waals surface area contributed by atoms with Crippen LogP contribution in [0.1, 0.15) is 24.1 Å². The monoisotopic (exact) mass is 362 g/mol. The van der Waals surface area contributed by atoms with E-state index in [1.54, 1.807) is 10.9 Å². The number of hydrogen-bond acceptors (Lipinski definition) is 4. The molecule has 130 valence electrons. The van der Waals surface area contributed by atoms with E-state index in [0.29, 0.717) is 11.3 Å². The average Bonchev–Trinajstić information content (AvgIpc) is 3.22. The Balaban J connectivity index is 1.73. The van der Waals surface area contributed by atoms with Gasteiger partial charge in [0.05, 0.1) is 23.8 Å². The summed E-state index contributed by atoms with van der Waals surface area (Å²) in [5.41, 5.74) is 3.07. The number of imidazole rings is 1. The first-order chi connectivity index (χ1) is 12.8. The van der Waals surface area contributed by atoms with E-state index in [1.165, 1.54) is 0 Å². The fraction of sp³-hybridized carbons (Fsp3) is 0.158. The van der Waals surface area contributed by atoms with Gasteiger partial charge in [0, 0.05) is 6.42 Å². The largest absolute Gasteiger partial charge is 0.320 e. The fourth-order valence-corrected chi connectivity index (χ4v) is 3.12. The number of benzene rings is 2. The molecule has 0 bridgehead atoms. The average molecular weight is 362 g/mol. The van der Waals surface area contributed by atoms with Crippen molar-refractivity contribution in [3.8, 4) is 0 Å². The molecule has 0 atom stereocenters. The second kappa shape index (κ2) is 7.05. The van der Waals surface area contributed by atoms with Crippen LogP contribution in [0, 0.1) is 4.77 Å². The lowest BCUT2D eigenvalue weighted by Crippen LogP contribution is -2.09. The summed E-state index contributed by atoms with van der Waals surface area (Å²) in [5.74, 6) is 1.75. The lowest BCUT2D eigenvalue weighted by molar-refractivity contribution is 0.672. The topological polar surface area (TPSA) is 63.8 Å². The Hall–Kier alpha value is -3.06. The summed E-state index contributed by atoms with van der Waals surface area (Å²) >= 11 is 5.35. The normalized spacial score (nSPS) is 11.6. The van der Waals surface area contributed by atoms with Gasteiger partial charge in [-0.05, 0) is 29.9 Å². The van der Waals surface area contributed by atoms with E-state index in [0.717, 1.165) is 34.7 Å². The minimum absolute atomic E-state index is 0.467. The van der Waals surface area contributed by atoms with Gasteiger partial charge in [-0.25, -0.2) is 4.98 Å². The SMILES string of the molecule is CCc1nc2ccccc2n1Cc1n[nH]c(=S)n1/N=C/c1ccccc1. The molecule has 2 heterocycles.